The fraction of sp³-hybridized carbons (Fsp3) is 0.529. The van der Waals surface area contributed by atoms with E-state index in [4.69, 9.17) is 21.8 Å². The van der Waals surface area contributed by atoms with Crippen LogP contribution in [0.4, 0.5) is 11.7 Å². The van der Waals surface area contributed by atoms with Crippen molar-refractivity contribution in [3.8, 4) is 0 Å². The molecule has 0 bridgehead atoms. The molecule has 0 saturated carbocycles. The van der Waals surface area contributed by atoms with Crippen LogP contribution in [0.3, 0.4) is 0 Å². The van der Waals surface area contributed by atoms with E-state index in [1.807, 2.05) is 18.2 Å². The summed E-state index contributed by atoms with van der Waals surface area (Å²) in [4.78, 5) is 2.19. The van der Waals surface area contributed by atoms with Gasteiger partial charge in [-0.1, -0.05) is 23.6 Å². The van der Waals surface area contributed by atoms with Crippen molar-refractivity contribution < 1.29 is 4.42 Å². The molecule has 124 valence electrons. The quantitative estimate of drug-likeness (QED) is 0.844. The molecule has 6 heteroatoms. The predicted octanol–water partition coefficient (Wildman–Crippen LogP) is 3.72. The largest absolute Gasteiger partial charge is 0.408 e. The van der Waals surface area contributed by atoms with E-state index in [1.165, 1.54) is 12.8 Å². The molecule has 2 aromatic rings. The van der Waals surface area contributed by atoms with Gasteiger partial charge >= 0.3 is 6.01 Å². The van der Waals surface area contributed by atoms with Crippen molar-refractivity contribution in [3.63, 3.8) is 0 Å². The molecule has 0 radical (unpaired) electrons. The highest BCUT2D eigenvalue weighted by Gasteiger charge is 2.20. The monoisotopic (exact) mass is 334 g/mol. The van der Waals surface area contributed by atoms with E-state index in [1.54, 1.807) is 0 Å². The lowest BCUT2D eigenvalue weighted by Gasteiger charge is -2.28. The van der Waals surface area contributed by atoms with Crippen LogP contribution < -0.4 is 10.6 Å². The van der Waals surface area contributed by atoms with Gasteiger partial charge in [-0.25, -0.2) is 0 Å². The van der Waals surface area contributed by atoms with Gasteiger partial charge in [0.05, 0.1) is 0 Å². The summed E-state index contributed by atoms with van der Waals surface area (Å²) in [5, 5.41) is 9.07. The van der Waals surface area contributed by atoms with Gasteiger partial charge in [0.25, 0.3) is 0 Å². The molecule has 1 aromatic heterocycles. The summed E-state index contributed by atoms with van der Waals surface area (Å²) in [6, 6.07) is 6.24. The molecular weight excluding hydrogens is 312 g/mol. The van der Waals surface area contributed by atoms with Gasteiger partial charge in [-0.3, -0.25) is 0 Å². The highest BCUT2D eigenvalue weighted by atomic mass is 35.5. The van der Waals surface area contributed by atoms with Crippen molar-refractivity contribution in [2.24, 2.45) is 5.92 Å². The summed E-state index contributed by atoms with van der Waals surface area (Å²) in [6.07, 6.45) is 4.88. The molecule has 3 rings (SSSR count). The Balaban J connectivity index is 1.52. The molecule has 5 nitrogen and oxygen atoms in total. The Kier molecular flexibility index (Phi) is 5.06. The average Bonchev–Trinajstić information content (AvgIpc) is 3.00. The van der Waals surface area contributed by atoms with Crippen LogP contribution in [0.2, 0.25) is 5.02 Å². The van der Waals surface area contributed by atoms with Crippen molar-refractivity contribution in [1.82, 2.24) is 10.2 Å². The number of aryl methyl sites for hydroxylation is 2. The van der Waals surface area contributed by atoms with Crippen LogP contribution in [0.25, 0.3) is 0 Å². The molecule has 1 aromatic carbocycles. The maximum absolute atomic E-state index is 6.01. The van der Waals surface area contributed by atoms with Crippen LogP contribution in [0, 0.1) is 5.92 Å². The van der Waals surface area contributed by atoms with E-state index in [0.29, 0.717) is 16.9 Å². The molecule has 1 aliphatic heterocycles. The number of aromatic nitrogens is 2. The van der Waals surface area contributed by atoms with Crippen molar-refractivity contribution in [2.45, 2.75) is 39.0 Å². The lowest BCUT2D eigenvalue weighted by atomic mass is 10.00. The second kappa shape index (κ2) is 7.21. The molecule has 0 spiro atoms. The number of benzene rings is 1. The molecule has 23 heavy (non-hydrogen) atoms. The first kappa shape index (κ1) is 16.1. The van der Waals surface area contributed by atoms with Crippen LogP contribution in [0.15, 0.2) is 22.6 Å². The Bertz CT molecular complexity index is 650. The summed E-state index contributed by atoms with van der Waals surface area (Å²) in [5.41, 5.74) is 7.82. The van der Waals surface area contributed by atoms with Crippen LogP contribution in [-0.4, -0.2) is 23.3 Å². The Morgan fingerprint density at radius 3 is 2.83 bits per heavy atom. The fourth-order valence-electron chi connectivity index (χ4n) is 2.89. The van der Waals surface area contributed by atoms with E-state index < -0.39 is 0 Å². The Labute approximate surface area is 141 Å². The number of nitrogen functional groups attached to an aromatic ring is 1. The first-order chi connectivity index (χ1) is 11.1. The number of hydrogen-bond acceptors (Lipinski definition) is 5. The third-order valence-electron chi connectivity index (χ3n) is 4.45. The van der Waals surface area contributed by atoms with Crippen molar-refractivity contribution >= 4 is 23.3 Å². The molecule has 1 fully saturated rings. The fourth-order valence-corrected chi connectivity index (χ4v) is 3.09. The molecular formula is C17H23ClN4O. The lowest BCUT2D eigenvalue weighted by Crippen LogP contribution is -2.32. The van der Waals surface area contributed by atoms with Gasteiger partial charge < -0.3 is 15.1 Å². The number of piperidine rings is 1. The summed E-state index contributed by atoms with van der Waals surface area (Å²) in [5.74, 6) is 1.48. The van der Waals surface area contributed by atoms with Gasteiger partial charge in [-0.05, 0) is 55.4 Å². The maximum Gasteiger partial charge on any atom is 0.318 e. The maximum atomic E-state index is 6.01. The number of rotatable bonds is 5. The van der Waals surface area contributed by atoms with Gasteiger partial charge in [0.15, 0.2) is 0 Å². The van der Waals surface area contributed by atoms with Crippen LogP contribution in [0.5, 0.6) is 0 Å². The minimum absolute atomic E-state index is 0.661. The van der Waals surface area contributed by atoms with E-state index in [9.17, 15) is 0 Å². The second-order valence-corrected chi connectivity index (χ2v) is 6.78. The van der Waals surface area contributed by atoms with E-state index in [2.05, 4.69) is 22.0 Å². The average molecular weight is 335 g/mol. The minimum Gasteiger partial charge on any atom is -0.408 e. The topological polar surface area (TPSA) is 68.2 Å². The van der Waals surface area contributed by atoms with Gasteiger partial charge in [0.2, 0.25) is 5.89 Å². The van der Waals surface area contributed by atoms with Gasteiger partial charge in [0.1, 0.15) is 0 Å². The Morgan fingerprint density at radius 1 is 1.26 bits per heavy atom. The molecule has 1 aliphatic rings. The Hall–Kier alpha value is -1.75. The van der Waals surface area contributed by atoms with Gasteiger partial charge in [-0.15, -0.1) is 5.10 Å². The van der Waals surface area contributed by atoms with Crippen molar-refractivity contribution in [2.75, 3.05) is 23.7 Å². The molecule has 2 heterocycles. The zero-order chi connectivity index (χ0) is 16.2. The van der Waals surface area contributed by atoms with Gasteiger partial charge in [-0.2, -0.15) is 0 Å². The molecule has 0 atom stereocenters. The number of halogens is 1. The second-order valence-electron chi connectivity index (χ2n) is 6.34. The number of nitrogens with two attached hydrogens (primary N) is 1. The van der Waals surface area contributed by atoms with Gasteiger partial charge in [0, 0.05) is 30.2 Å². The summed E-state index contributed by atoms with van der Waals surface area (Å²) >= 11 is 6.01. The zero-order valence-corrected chi connectivity index (χ0v) is 14.2. The SMILES string of the molecule is CC1CCN(c2nnc(CCCc3cc(Cl)ccc3N)o2)CC1. The normalized spacial score (nSPS) is 16.0. The van der Waals surface area contributed by atoms with Crippen LogP contribution in [0.1, 0.15) is 37.6 Å². The third-order valence-corrected chi connectivity index (χ3v) is 4.69. The van der Waals surface area contributed by atoms with Crippen LogP contribution >= 0.6 is 11.6 Å². The van der Waals surface area contributed by atoms with Crippen LogP contribution in [-0.2, 0) is 12.8 Å². The minimum atomic E-state index is 0.661. The summed E-state index contributed by atoms with van der Waals surface area (Å²) < 4.78 is 5.80. The number of anilines is 2. The highest BCUT2D eigenvalue weighted by Crippen LogP contribution is 2.23. The third kappa shape index (κ3) is 4.16. The first-order valence-electron chi connectivity index (χ1n) is 8.23. The highest BCUT2D eigenvalue weighted by molar-refractivity contribution is 6.30. The predicted molar refractivity (Wildman–Crippen MR) is 92.8 cm³/mol. The smallest absolute Gasteiger partial charge is 0.318 e. The number of hydrogen-bond donors (Lipinski definition) is 1. The standard InChI is InChI=1S/C17H23ClN4O/c1-12-7-9-22(10-8-12)17-21-20-16(23-17)4-2-3-13-11-14(18)5-6-15(13)19/h5-6,11-12H,2-4,7-10,19H2,1H3. The van der Waals surface area contributed by atoms with E-state index in [-0.39, 0.29) is 0 Å². The molecule has 1 saturated heterocycles. The molecule has 2 N–H and O–H groups in total. The van der Waals surface area contributed by atoms with E-state index in [0.717, 1.165) is 49.5 Å². The molecule has 0 amide bonds. The molecule has 0 unspecified atom stereocenters. The summed E-state index contributed by atoms with van der Waals surface area (Å²) in [7, 11) is 0. The zero-order valence-electron chi connectivity index (χ0n) is 13.5. The summed E-state index contributed by atoms with van der Waals surface area (Å²) in [6.45, 7) is 4.29. The van der Waals surface area contributed by atoms with Crippen molar-refractivity contribution in [3.05, 3.63) is 34.7 Å². The van der Waals surface area contributed by atoms with Crippen molar-refractivity contribution in [1.29, 1.82) is 0 Å². The molecule has 0 aliphatic carbocycles. The number of nitrogens with zero attached hydrogens (tertiary/aromatic N) is 3. The van der Waals surface area contributed by atoms with E-state index >= 15 is 0 Å². The first-order valence-corrected chi connectivity index (χ1v) is 8.61. The lowest BCUT2D eigenvalue weighted by molar-refractivity contribution is 0.404. The Morgan fingerprint density at radius 2 is 2.04 bits per heavy atom.